The van der Waals surface area contributed by atoms with Crippen LogP contribution in [-0.2, 0) is 6.54 Å². The van der Waals surface area contributed by atoms with Crippen LogP contribution in [0.4, 0.5) is 0 Å². The van der Waals surface area contributed by atoms with Crippen LogP contribution in [0.15, 0.2) is 53.1 Å². The van der Waals surface area contributed by atoms with E-state index in [1.165, 1.54) is 38.6 Å². The number of carbonyl (C=O) groups is 1. The van der Waals surface area contributed by atoms with E-state index in [4.69, 9.17) is 0 Å². The quantitative estimate of drug-likeness (QED) is 0.350. The highest BCUT2D eigenvalue weighted by atomic mass is 79.9. The second-order valence-electron chi connectivity index (χ2n) is 9.09. The highest BCUT2D eigenvalue weighted by Crippen LogP contribution is 2.29. The number of hydrogen-bond acceptors (Lipinski definition) is 3. The van der Waals surface area contributed by atoms with Gasteiger partial charge in [-0.25, -0.2) is 0 Å². The summed E-state index contributed by atoms with van der Waals surface area (Å²) in [5.41, 5.74) is 1.68. The molecule has 0 spiro atoms. The molecular formula is C27H34BrN3O2. The molecule has 1 atom stereocenters. The van der Waals surface area contributed by atoms with Crippen LogP contribution in [0.1, 0.15) is 61.4 Å². The average Bonchev–Trinajstić information content (AvgIpc) is 3.13. The zero-order valence-electron chi connectivity index (χ0n) is 19.4. The van der Waals surface area contributed by atoms with Crippen molar-refractivity contribution in [2.45, 2.75) is 58.0 Å². The van der Waals surface area contributed by atoms with Crippen LogP contribution < -0.4 is 5.32 Å². The zero-order valence-corrected chi connectivity index (χ0v) is 21.0. The third-order valence-corrected chi connectivity index (χ3v) is 7.20. The van der Waals surface area contributed by atoms with Crippen molar-refractivity contribution in [3.63, 3.8) is 0 Å². The zero-order chi connectivity index (χ0) is 23.2. The van der Waals surface area contributed by atoms with Crippen molar-refractivity contribution in [2.24, 2.45) is 0 Å². The van der Waals surface area contributed by atoms with Gasteiger partial charge < -0.3 is 19.9 Å². The van der Waals surface area contributed by atoms with Gasteiger partial charge in [0.25, 0.3) is 5.91 Å². The van der Waals surface area contributed by atoms with Gasteiger partial charge in [0.05, 0.1) is 6.54 Å². The van der Waals surface area contributed by atoms with Gasteiger partial charge in [-0.3, -0.25) is 4.79 Å². The molecule has 1 aliphatic heterocycles. The number of rotatable bonds is 9. The molecular weight excluding hydrogens is 478 g/mol. The van der Waals surface area contributed by atoms with E-state index in [9.17, 15) is 9.90 Å². The second-order valence-corrected chi connectivity index (χ2v) is 10.0. The molecule has 0 saturated carbocycles. The number of hydrogen-bond donors (Lipinski definition) is 2. The molecule has 3 aromatic rings. The van der Waals surface area contributed by atoms with Crippen molar-refractivity contribution < 1.29 is 9.90 Å². The maximum absolute atomic E-state index is 12.7. The maximum atomic E-state index is 12.7. The van der Waals surface area contributed by atoms with Gasteiger partial charge in [-0.2, -0.15) is 0 Å². The van der Waals surface area contributed by atoms with Gasteiger partial charge in [0, 0.05) is 46.1 Å². The predicted octanol–water partition coefficient (Wildman–Crippen LogP) is 5.93. The lowest BCUT2D eigenvalue weighted by molar-refractivity contribution is 0.0947. The molecule has 1 unspecified atom stereocenters. The third-order valence-electron chi connectivity index (χ3n) is 6.67. The molecule has 33 heavy (non-hydrogen) atoms. The number of nitrogens with one attached hydrogen (secondary N) is 1. The van der Waals surface area contributed by atoms with E-state index in [0.717, 1.165) is 28.4 Å². The van der Waals surface area contributed by atoms with E-state index in [1.807, 2.05) is 47.2 Å². The molecule has 4 rings (SSSR count). The van der Waals surface area contributed by atoms with Gasteiger partial charge in [0.15, 0.2) is 5.88 Å². The lowest BCUT2D eigenvalue weighted by atomic mass is 9.98. The molecule has 2 N–H and O–H groups in total. The lowest BCUT2D eigenvalue weighted by Gasteiger charge is -2.35. The molecule has 176 valence electrons. The Hall–Kier alpha value is -2.31. The van der Waals surface area contributed by atoms with E-state index in [2.05, 4.69) is 33.1 Å². The van der Waals surface area contributed by atoms with Gasteiger partial charge in [0.2, 0.25) is 0 Å². The van der Waals surface area contributed by atoms with E-state index in [1.54, 1.807) is 6.07 Å². The molecule has 0 aliphatic carbocycles. The fraction of sp³-hybridized carbons (Fsp3) is 0.444. The second kappa shape index (κ2) is 11.2. The van der Waals surface area contributed by atoms with Crippen molar-refractivity contribution in [1.82, 2.24) is 14.8 Å². The molecule has 1 amide bonds. The van der Waals surface area contributed by atoms with Crippen LogP contribution in [0.3, 0.4) is 0 Å². The van der Waals surface area contributed by atoms with Crippen molar-refractivity contribution in [3.05, 3.63) is 64.3 Å². The van der Waals surface area contributed by atoms with E-state index < -0.39 is 0 Å². The highest BCUT2D eigenvalue weighted by molar-refractivity contribution is 9.10. The summed E-state index contributed by atoms with van der Waals surface area (Å²) in [6.07, 6.45) is 9.35. The first kappa shape index (κ1) is 23.8. The van der Waals surface area contributed by atoms with Crippen molar-refractivity contribution in [2.75, 3.05) is 19.6 Å². The summed E-state index contributed by atoms with van der Waals surface area (Å²) in [7, 11) is 0. The van der Waals surface area contributed by atoms with E-state index in [-0.39, 0.29) is 11.8 Å². The number of amides is 1. The first-order valence-electron chi connectivity index (χ1n) is 12.1. The van der Waals surface area contributed by atoms with Crippen molar-refractivity contribution >= 4 is 32.6 Å². The van der Waals surface area contributed by atoms with Crippen LogP contribution in [0.5, 0.6) is 5.88 Å². The minimum absolute atomic E-state index is 0.0827. The topological polar surface area (TPSA) is 57.5 Å². The Bertz CT molecular complexity index is 1070. The minimum atomic E-state index is -0.0827. The number of halogens is 1. The number of likely N-dealkylation sites (tertiary alicyclic amines) is 1. The third kappa shape index (κ3) is 5.98. The molecule has 0 bridgehead atoms. The Morgan fingerprint density at radius 2 is 2.00 bits per heavy atom. The summed E-state index contributed by atoms with van der Waals surface area (Å²) in [6, 6.07) is 14.3. The first-order valence-corrected chi connectivity index (χ1v) is 12.9. The number of aromatic hydroxyl groups is 1. The Kier molecular flexibility index (Phi) is 8.10. The minimum Gasteiger partial charge on any atom is -0.494 e. The van der Waals surface area contributed by atoms with Crippen LogP contribution in [0.25, 0.3) is 10.8 Å². The van der Waals surface area contributed by atoms with Gasteiger partial charge in [0.1, 0.15) is 0 Å². The van der Waals surface area contributed by atoms with Crippen LogP contribution in [0, 0.1) is 0 Å². The Morgan fingerprint density at radius 3 is 2.79 bits per heavy atom. The van der Waals surface area contributed by atoms with Crippen LogP contribution in [0.2, 0.25) is 0 Å². The van der Waals surface area contributed by atoms with Gasteiger partial charge in [-0.05, 0) is 62.1 Å². The fourth-order valence-corrected chi connectivity index (χ4v) is 5.16. The molecule has 5 nitrogen and oxygen atoms in total. The fourth-order valence-electron chi connectivity index (χ4n) is 4.90. The van der Waals surface area contributed by atoms with E-state index in [0.29, 0.717) is 30.1 Å². The SMILES string of the molecule is CCCC1CCCCN1CCCNC(=O)c1ccc2cn(Cc3ccc(Br)cc3)c(O)c2c1. The van der Waals surface area contributed by atoms with Gasteiger partial charge in [-0.15, -0.1) is 0 Å². The molecule has 1 aromatic heterocycles. The van der Waals surface area contributed by atoms with Crippen LogP contribution in [-0.4, -0.2) is 46.2 Å². The molecule has 6 heteroatoms. The summed E-state index contributed by atoms with van der Waals surface area (Å²) in [5, 5.41) is 15.4. The van der Waals surface area contributed by atoms with Crippen LogP contribution >= 0.6 is 15.9 Å². The molecule has 2 heterocycles. The standard InChI is InChI=1S/C27H34BrN3O2/c1-2-6-24-7-3-4-15-30(24)16-5-14-29-26(32)21-10-11-22-19-31(27(33)25(22)17-21)18-20-8-12-23(28)13-9-20/h8-13,17,19,24,33H,2-7,14-16,18H2,1H3,(H,29,32). The van der Waals surface area contributed by atoms with Crippen molar-refractivity contribution in [1.29, 1.82) is 0 Å². The molecule has 1 aliphatic rings. The smallest absolute Gasteiger partial charge is 0.251 e. The maximum Gasteiger partial charge on any atom is 0.251 e. The summed E-state index contributed by atoms with van der Waals surface area (Å²) in [5.74, 6) is 0.107. The number of nitrogens with zero attached hydrogens (tertiary/aromatic N) is 2. The average molecular weight is 512 g/mol. The number of carbonyl (C=O) groups excluding carboxylic acids is 1. The Morgan fingerprint density at radius 1 is 1.18 bits per heavy atom. The number of aromatic nitrogens is 1. The summed E-state index contributed by atoms with van der Waals surface area (Å²) in [6.45, 7) is 5.74. The first-order chi connectivity index (χ1) is 16.0. The highest BCUT2D eigenvalue weighted by Gasteiger charge is 2.21. The lowest BCUT2D eigenvalue weighted by Crippen LogP contribution is -2.41. The predicted molar refractivity (Wildman–Crippen MR) is 138 cm³/mol. The summed E-state index contributed by atoms with van der Waals surface area (Å²) in [4.78, 5) is 15.3. The number of benzene rings is 2. The summed E-state index contributed by atoms with van der Waals surface area (Å²) >= 11 is 3.45. The molecule has 2 aromatic carbocycles. The van der Waals surface area contributed by atoms with E-state index >= 15 is 0 Å². The monoisotopic (exact) mass is 511 g/mol. The number of fused-ring (bicyclic) bond motifs is 1. The molecule has 0 radical (unpaired) electrons. The normalized spacial score (nSPS) is 16.8. The Balaban J connectivity index is 1.34. The largest absolute Gasteiger partial charge is 0.494 e. The molecule has 1 saturated heterocycles. The number of piperidine rings is 1. The summed E-state index contributed by atoms with van der Waals surface area (Å²) < 4.78 is 2.85. The Labute approximate surface area is 204 Å². The van der Waals surface area contributed by atoms with Gasteiger partial charge in [-0.1, -0.05) is 53.9 Å². The van der Waals surface area contributed by atoms with Gasteiger partial charge >= 0.3 is 0 Å². The van der Waals surface area contributed by atoms with Crippen molar-refractivity contribution in [3.8, 4) is 5.88 Å². The molecule has 1 fully saturated rings.